The van der Waals surface area contributed by atoms with E-state index in [2.05, 4.69) is 24.0 Å². The van der Waals surface area contributed by atoms with Crippen molar-refractivity contribution in [3.63, 3.8) is 0 Å². The fraction of sp³-hybridized carbons (Fsp3) is 1.00. The molecule has 0 radical (unpaired) electrons. The van der Waals surface area contributed by atoms with Gasteiger partial charge in [-0.3, -0.25) is 0 Å². The minimum absolute atomic E-state index is 0.461. The van der Waals surface area contributed by atoms with Crippen molar-refractivity contribution >= 4 is 11.8 Å². The topological polar surface area (TPSA) is 21.3 Å². The number of hydrogen-bond donors (Lipinski definition) is 1. The van der Waals surface area contributed by atoms with Crippen LogP contribution in [0.25, 0.3) is 0 Å². The molecule has 2 fully saturated rings. The van der Waals surface area contributed by atoms with E-state index >= 15 is 0 Å². The van der Waals surface area contributed by atoms with Crippen molar-refractivity contribution in [2.45, 2.75) is 57.6 Å². The van der Waals surface area contributed by atoms with E-state index in [1.165, 1.54) is 50.0 Å². The third-order valence-corrected chi connectivity index (χ3v) is 5.05. The molecule has 1 N–H and O–H groups in total. The fourth-order valence-corrected chi connectivity index (χ4v) is 4.04. The van der Waals surface area contributed by atoms with Gasteiger partial charge in [0.15, 0.2) is 0 Å². The van der Waals surface area contributed by atoms with Gasteiger partial charge < -0.3 is 10.1 Å². The highest BCUT2D eigenvalue weighted by atomic mass is 32.2. The van der Waals surface area contributed by atoms with Gasteiger partial charge in [0.1, 0.15) is 0 Å². The lowest BCUT2D eigenvalue weighted by molar-refractivity contribution is 0.0234. The first-order valence-corrected chi connectivity index (χ1v) is 8.50. The van der Waals surface area contributed by atoms with Crippen molar-refractivity contribution in [1.29, 1.82) is 0 Å². The summed E-state index contributed by atoms with van der Waals surface area (Å²) in [7, 11) is 0. The second-order valence-electron chi connectivity index (χ2n) is 5.36. The summed E-state index contributed by atoms with van der Waals surface area (Å²) in [5.41, 5.74) is 0. The summed E-state index contributed by atoms with van der Waals surface area (Å²) < 4.78 is 6.01. The molecule has 0 amide bonds. The summed E-state index contributed by atoms with van der Waals surface area (Å²) >= 11 is 2.06. The lowest BCUT2D eigenvalue weighted by Crippen LogP contribution is -2.50. The van der Waals surface area contributed by atoms with Crippen molar-refractivity contribution in [3.05, 3.63) is 0 Å². The zero-order valence-electron chi connectivity index (χ0n) is 11.1. The Kier molecular flexibility index (Phi) is 6.16. The van der Waals surface area contributed by atoms with Gasteiger partial charge in [-0.25, -0.2) is 0 Å². The largest absolute Gasteiger partial charge is 0.375 e. The molecule has 3 heteroatoms. The standard InChI is InChI=1S/C14H27NOS/c1-2-8-15-14(12-6-4-3-5-7-12)13-11-17-10-9-16-13/h12-15H,2-11H2,1H3. The Bertz CT molecular complexity index is 182. The average Bonchev–Trinajstić information content (AvgIpc) is 2.42. The highest BCUT2D eigenvalue weighted by Gasteiger charge is 2.31. The van der Waals surface area contributed by atoms with Crippen LogP contribution in [0, 0.1) is 5.92 Å². The summed E-state index contributed by atoms with van der Waals surface area (Å²) in [5, 5.41) is 3.77. The van der Waals surface area contributed by atoms with E-state index < -0.39 is 0 Å². The number of hydrogen-bond acceptors (Lipinski definition) is 3. The smallest absolute Gasteiger partial charge is 0.0821 e. The summed E-state index contributed by atoms with van der Waals surface area (Å²) in [6.07, 6.45) is 8.80. The first-order chi connectivity index (χ1) is 8.42. The van der Waals surface area contributed by atoms with Crippen LogP contribution >= 0.6 is 11.8 Å². The summed E-state index contributed by atoms with van der Waals surface area (Å²) in [6, 6.07) is 0.614. The SMILES string of the molecule is CCCNC(C1CCCCC1)C1CSCCO1. The second kappa shape index (κ2) is 7.65. The zero-order chi connectivity index (χ0) is 11.9. The molecule has 0 bridgehead atoms. The average molecular weight is 257 g/mol. The normalized spacial score (nSPS) is 29.1. The van der Waals surface area contributed by atoms with Crippen molar-refractivity contribution in [2.75, 3.05) is 24.7 Å². The summed E-state index contributed by atoms with van der Waals surface area (Å²) in [4.78, 5) is 0. The van der Waals surface area contributed by atoms with Crippen molar-refractivity contribution < 1.29 is 4.74 Å². The minimum Gasteiger partial charge on any atom is -0.375 e. The van der Waals surface area contributed by atoms with E-state index in [9.17, 15) is 0 Å². The van der Waals surface area contributed by atoms with E-state index in [0.29, 0.717) is 12.1 Å². The third-order valence-electron chi connectivity index (χ3n) is 4.03. The molecular weight excluding hydrogens is 230 g/mol. The Morgan fingerprint density at radius 2 is 2.12 bits per heavy atom. The highest BCUT2D eigenvalue weighted by Crippen LogP contribution is 2.30. The predicted molar refractivity (Wildman–Crippen MR) is 75.7 cm³/mol. The zero-order valence-corrected chi connectivity index (χ0v) is 11.9. The number of rotatable bonds is 5. The highest BCUT2D eigenvalue weighted by molar-refractivity contribution is 7.99. The molecule has 0 aromatic rings. The van der Waals surface area contributed by atoms with Gasteiger partial charge >= 0.3 is 0 Å². The van der Waals surface area contributed by atoms with Crippen LogP contribution in [0.2, 0.25) is 0 Å². The molecule has 0 aromatic carbocycles. The van der Waals surface area contributed by atoms with Crippen LogP contribution < -0.4 is 5.32 Å². The molecule has 0 aromatic heterocycles. The maximum atomic E-state index is 6.01. The van der Waals surface area contributed by atoms with Gasteiger partial charge in [0.05, 0.1) is 12.7 Å². The number of nitrogens with one attached hydrogen (secondary N) is 1. The van der Waals surface area contributed by atoms with E-state index in [1.807, 2.05) is 0 Å². The second-order valence-corrected chi connectivity index (χ2v) is 6.51. The molecule has 0 spiro atoms. The molecule has 1 saturated heterocycles. The predicted octanol–water partition coefficient (Wildman–Crippen LogP) is 3.07. The summed E-state index contributed by atoms with van der Waals surface area (Å²) in [6.45, 7) is 4.35. The maximum Gasteiger partial charge on any atom is 0.0821 e. The lowest BCUT2D eigenvalue weighted by atomic mass is 9.82. The van der Waals surface area contributed by atoms with Gasteiger partial charge in [0, 0.05) is 17.5 Å². The molecule has 1 saturated carbocycles. The van der Waals surface area contributed by atoms with Crippen LogP contribution in [-0.2, 0) is 4.74 Å². The maximum absolute atomic E-state index is 6.01. The molecule has 2 nitrogen and oxygen atoms in total. The summed E-state index contributed by atoms with van der Waals surface area (Å²) in [5.74, 6) is 3.23. The van der Waals surface area contributed by atoms with Crippen molar-refractivity contribution in [2.24, 2.45) is 5.92 Å². The van der Waals surface area contributed by atoms with E-state index in [1.54, 1.807) is 0 Å². The Balaban J connectivity index is 1.90. The molecule has 17 heavy (non-hydrogen) atoms. The van der Waals surface area contributed by atoms with Gasteiger partial charge in [-0.15, -0.1) is 0 Å². The Morgan fingerprint density at radius 3 is 2.76 bits per heavy atom. The Morgan fingerprint density at radius 1 is 1.29 bits per heavy atom. The van der Waals surface area contributed by atoms with E-state index in [0.717, 1.165) is 19.1 Å². The molecule has 1 heterocycles. The minimum atomic E-state index is 0.461. The molecule has 1 aliphatic carbocycles. The van der Waals surface area contributed by atoms with Crippen LogP contribution in [0.15, 0.2) is 0 Å². The molecule has 2 rings (SSSR count). The first-order valence-electron chi connectivity index (χ1n) is 7.34. The molecule has 2 aliphatic rings. The fourth-order valence-electron chi connectivity index (χ4n) is 3.12. The Labute approximate surface area is 110 Å². The van der Waals surface area contributed by atoms with E-state index in [-0.39, 0.29) is 0 Å². The van der Waals surface area contributed by atoms with Crippen LogP contribution in [0.3, 0.4) is 0 Å². The van der Waals surface area contributed by atoms with E-state index in [4.69, 9.17) is 4.74 Å². The molecule has 2 unspecified atom stereocenters. The van der Waals surface area contributed by atoms with Crippen LogP contribution in [0.5, 0.6) is 0 Å². The van der Waals surface area contributed by atoms with Gasteiger partial charge in [-0.05, 0) is 31.7 Å². The number of thioether (sulfide) groups is 1. The first kappa shape index (κ1) is 13.7. The number of ether oxygens (including phenoxy) is 1. The van der Waals surface area contributed by atoms with Gasteiger partial charge in [0.2, 0.25) is 0 Å². The van der Waals surface area contributed by atoms with Crippen LogP contribution in [0.4, 0.5) is 0 Å². The Hall–Kier alpha value is 0.270. The monoisotopic (exact) mass is 257 g/mol. The quantitative estimate of drug-likeness (QED) is 0.818. The van der Waals surface area contributed by atoms with Crippen LogP contribution in [-0.4, -0.2) is 36.8 Å². The van der Waals surface area contributed by atoms with Crippen molar-refractivity contribution in [3.8, 4) is 0 Å². The van der Waals surface area contributed by atoms with Crippen LogP contribution in [0.1, 0.15) is 45.4 Å². The molecule has 2 atom stereocenters. The van der Waals surface area contributed by atoms with Gasteiger partial charge in [-0.2, -0.15) is 11.8 Å². The van der Waals surface area contributed by atoms with Crippen molar-refractivity contribution in [1.82, 2.24) is 5.32 Å². The van der Waals surface area contributed by atoms with Gasteiger partial charge in [-0.1, -0.05) is 26.2 Å². The van der Waals surface area contributed by atoms with Gasteiger partial charge in [0.25, 0.3) is 0 Å². The lowest BCUT2D eigenvalue weighted by Gasteiger charge is -2.38. The molecule has 100 valence electrons. The molecular formula is C14H27NOS. The molecule has 1 aliphatic heterocycles. The third kappa shape index (κ3) is 4.15.